The third-order valence-corrected chi connectivity index (χ3v) is 5.23. The molecule has 0 spiro atoms. The molecule has 1 fully saturated rings. The van der Waals surface area contributed by atoms with E-state index >= 15 is 0 Å². The Morgan fingerprint density at radius 1 is 1.16 bits per heavy atom. The average Bonchev–Trinajstić information content (AvgIpc) is 2.89. The highest BCUT2D eigenvalue weighted by molar-refractivity contribution is 8.27. The third kappa shape index (κ3) is 3.51. The van der Waals surface area contributed by atoms with Crippen molar-refractivity contribution in [3.63, 3.8) is 0 Å². The summed E-state index contributed by atoms with van der Waals surface area (Å²) in [7, 11) is 3.16. The van der Waals surface area contributed by atoms with Gasteiger partial charge in [-0.3, -0.25) is 9.69 Å². The summed E-state index contributed by atoms with van der Waals surface area (Å²) in [4.78, 5) is 14.8. The number of methoxy groups -OCH3 is 2. The lowest BCUT2D eigenvalue weighted by atomic mass is 10.1. The number of thioether (sulfide) groups is 1. The summed E-state index contributed by atoms with van der Waals surface area (Å²) in [6.45, 7) is 0. The van der Waals surface area contributed by atoms with Crippen LogP contribution >= 0.6 is 35.6 Å². The number of thiocarbonyl (C=S) groups is 1. The van der Waals surface area contributed by atoms with E-state index in [9.17, 15) is 4.79 Å². The summed E-state index contributed by atoms with van der Waals surface area (Å²) in [6, 6.07) is 12.5. The van der Waals surface area contributed by atoms with Crippen LogP contribution in [0.4, 0.5) is 5.69 Å². The van der Waals surface area contributed by atoms with Crippen molar-refractivity contribution in [3.05, 3.63) is 58.0 Å². The number of carbonyl (C=O) groups excluding carboxylic acids is 1. The van der Waals surface area contributed by atoms with E-state index in [2.05, 4.69) is 0 Å². The van der Waals surface area contributed by atoms with Crippen molar-refractivity contribution in [2.45, 2.75) is 0 Å². The van der Waals surface area contributed by atoms with Gasteiger partial charge in [-0.15, -0.1) is 0 Å². The van der Waals surface area contributed by atoms with E-state index in [0.717, 1.165) is 5.56 Å². The Bertz CT molecular complexity index is 882. The fraction of sp³-hybridized carbons (Fsp3) is 0.111. The van der Waals surface area contributed by atoms with E-state index in [0.29, 0.717) is 31.4 Å². The van der Waals surface area contributed by atoms with Crippen molar-refractivity contribution < 1.29 is 14.3 Å². The molecule has 1 heterocycles. The lowest BCUT2D eigenvalue weighted by Crippen LogP contribution is -2.27. The molecule has 7 heteroatoms. The van der Waals surface area contributed by atoms with Crippen molar-refractivity contribution >= 4 is 57.6 Å². The number of amides is 1. The van der Waals surface area contributed by atoms with E-state index in [4.69, 9.17) is 33.3 Å². The van der Waals surface area contributed by atoms with Gasteiger partial charge in [0.15, 0.2) is 4.32 Å². The summed E-state index contributed by atoms with van der Waals surface area (Å²) in [5.74, 6) is 1.10. The van der Waals surface area contributed by atoms with E-state index < -0.39 is 0 Å². The number of benzene rings is 2. The summed E-state index contributed by atoms with van der Waals surface area (Å²) in [5.41, 5.74) is 1.31. The van der Waals surface area contributed by atoms with Crippen LogP contribution in [0.3, 0.4) is 0 Å². The minimum Gasteiger partial charge on any atom is -0.497 e. The van der Waals surface area contributed by atoms with Gasteiger partial charge >= 0.3 is 0 Å². The number of hydrogen-bond acceptors (Lipinski definition) is 5. The highest BCUT2D eigenvalue weighted by atomic mass is 35.5. The molecule has 1 aliphatic heterocycles. The van der Waals surface area contributed by atoms with Gasteiger partial charge in [-0.1, -0.05) is 47.7 Å². The first kappa shape index (κ1) is 17.8. The first-order valence-electron chi connectivity index (χ1n) is 7.29. The lowest BCUT2D eigenvalue weighted by Gasteiger charge is -2.15. The van der Waals surface area contributed by atoms with Crippen LogP contribution in [-0.4, -0.2) is 24.4 Å². The largest absolute Gasteiger partial charge is 0.497 e. The number of carbonyl (C=O) groups is 1. The molecule has 0 aromatic heterocycles. The van der Waals surface area contributed by atoms with Crippen LogP contribution in [0.1, 0.15) is 5.56 Å². The second kappa shape index (κ2) is 7.47. The molecule has 0 atom stereocenters. The predicted molar refractivity (Wildman–Crippen MR) is 107 cm³/mol. The molecule has 2 aromatic carbocycles. The fourth-order valence-electron chi connectivity index (χ4n) is 2.40. The maximum atomic E-state index is 12.8. The topological polar surface area (TPSA) is 38.8 Å². The number of rotatable bonds is 4. The zero-order valence-electron chi connectivity index (χ0n) is 13.5. The van der Waals surface area contributed by atoms with Crippen LogP contribution in [0.25, 0.3) is 6.08 Å². The standard InChI is InChI=1S/C18H14ClNO3S2/c1-22-12-7-8-15(23-2)11(9-12)10-16-17(21)20(18(24)25-16)14-6-4-3-5-13(14)19/h3-10H,1-2H3. The van der Waals surface area contributed by atoms with Gasteiger partial charge in [0.2, 0.25) is 0 Å². The normalized spacial score (nSPS) is 15.8. The lowest BCUT2D eigenvalue weighted by molar-refractivity contribution is -0.113. The van der Waals surface area contributed by atoms with Gasteiger partial charge in [-0.05, 0) is 36.4 Å². The van der Waals surface area contributed by atoms with E-state index in [1.807, 2.05) is 6.07 Å². The highest BCUT2D eigenvalue weighted by Crippen LogP contribution is 2.39. The van der Waals surface area contributed by atoms with Gasteiger partial charge in [0.25, 0.3) is 5.91 Å². The zero-order valence-corrected chi connectivity index (χ0v) is 15.9. The van der Waals surface area contributed by atoms with Gasteiger partial charge in [-0.2, -0.15) is 0 Å². The molecule has 25 heavy (non-hydrogen) atoms. The maximum Gasteiger partial charge on any atom is 0.270 e. The number of halogens is 1. The van der Waals surface area contributed by atoms with Gasteiger partial charge in [0.1, 0.15) is 11.5 Å². The molecule has 1 aliphatic rings. The Labute approximate surface area is 160 Å². The Balaban J connectivity index is 2.00. The van der Waals surface area contributed by atoms with Gasteiger partial charge in [-0.25, -0.2) is 0 Å². The third-order valence-electron chi connectivity index (χ3n) is 3.61. The average molecular weight is 392 g/mol. The van der Waals surface area contributed by atoms with Crippen molar-refractivity contribution in [1.29, 1.82) is 0 Å². The highest BCUT2D eigenvalue weighted by Gasteiger charge is 2.34. The van der Waals surface area contributed by atoms with Crippen LogP contribution in [0.5, 0.6) is 11.5 Å². The molecule has 128 valence electrons. The number of hydrogen-bond donors (Lipinski definition) is 0. The monoisotopic (exact) mass is 391 g/mol. The van der Waals surface area contributed by atoms with Crippen LogP contribution in [0.15, 0.2) is 47.4 Å². The van der Waals surface area contributed by atoms with Crippen molar-refractivity contribution in [1.82, 2.24) is 0 Å². The summed E-state index contributed by atoms with van der Waals surface area (Å²) < 4.78 is 11.0. The molecular weight excluding hydrogens is 378 g/mol. The molecule has 1 saturated heterocycles. The molecule has 0 bridgehead atoms. The summed E-state index contributed by atoms with van der Waals surface area (Å²) in [5, 5.41) is 0.471. The molecule has 2 aromatic rings. The van der Waals surface area contributed by atoms with Crippen molar-refractivity contribution in [2.75, 3.05) is 19.1 Å². The second-order valence-corrected chi connectivity index (χ2v) is 7.16. The number of para-hydroxylation sites is 1. The molecule has 4 nitrogen and oxygen atoms in total. The van der Waals surface area contributed by atoms with Crippen LogP contribution in [0, 0.1) is 0 Å². The summed E-state index contributed by atoms with van der Waals surface area (Å²) in [6.07, 6.45) is 1.75. The van der Waals surface area contributed by atoms with Crippen LogP contribution < -0.4 is 14.4 Å². The Morgan fingerprint density at radius 3 is 2.60 bits per heavy atom. The number of ether oxygens (including phenoxy) is 2. The summed E-state index contributed by atoms with van der Waals surface area (Å²) >= 11 is 12.8. The van der Waals surface area contributed by atoms with E-state index in [-0.39, 0.29) is 5.91 Å². The van der Waals surface area contributed by atoms with Gasteiger partial charge in [0.05, 0.1) is 29.8 Å². The first-order valence-corrected chi connectivity index (χ1v) is 8.90. The molecular formula is C18H14ClNO3S2. The zero-order chi connectivity index (χ0) is 18.0. The SMILES string of the molecule is COc1ccc(OC)c(C=C2SC(=S)N(c3ccccc3Cl)C2=O)c1. The van der Waals surface area contributed by atoms with Crippen LogP contribution in [-0.2, 0) is 4.79 Å². The molecule has 0 unspecified atom stereocenters. The van der Waals surface area contributed by atoms with Crippen LogP contribution in [0.2, 0.25) is 5.02 Å². The number of anilines is 1. The molecule has 0 aliphatic carbocycles. The Kier molecular flexibility index (Phi) is 5.32. The minimum absolute atomic E-state index is 0.215. The molecule has 0 radical (unpaired) electrons. The number of nitrogens with zero attached hydrogens (tertiary/aromatic N) is 1. The molecule has 1 amide bonds. The fourth-order valence-corrected chi connectivity index (χ4v) is 3.90. The molecule has 0 N–H and O–H groups in total. The van der Waals surface area contributed by atoms with Gasteiger partial charge < -0.3 is 9.47 Å². The minimum atomic E-state index is -0.215. The van der Waals surface area contributed by atoms with Crippen molar-refractivity contribution in [3.8, 4) is 11.5 Å². The quantitative estimate of drug-likeness (QED) is 0.554. The van der Waals surface area contributed by atoms with E-state index in [1.54, 1.807) is 56.7 Å². The molecule has 3 rings (SSSR count). The van der Waals surface area contributed by atoms with Crippen molar-refractivity contribution in [2.24, 2.45) is 0 Å². The second-order valence-electron chi connectivity index (χ2n) is 5.08. The smallest absolute Gasteiger partial charge is 0.270 e. The predicted octanol–water partition coefficient (Wildman–Crippen LogP) is 4.76. The Hall–Kier alpha value is -2.02. The van der Waals surface area contributed by atoms with Gasteiger partial charge in [0, 0.05) is 5.56 Å². The maximum absolute atomic E-state index is 12.8. The Morgan fingerprint density at radius 2 is 1.92 bits per heavy atom. The molecule has 0 saturated carbocycles. The van der Waals surface area contributed by atoms with E-state index in [1.165, 1.54) is 16.7 Å². The first-order chi connectivity index (χ1) is 12.0.